The molecule has 0 radical (unpaired) electrons. The molecule has 2 nitrogen and oxygen atoms in total. The Hall–Kier alpha value is -0.930. The van der Waals surface area contributed by atoms with Crippen molar-refractivity contribution in [3.63, 3.8) is 0 Å². The fourth-order valence-electron chi connectivity index (χ4n) is 3.73. The molecule has 110 valence electrons. The van der Waals surface area contributed by atoms with Gasteiger partial charge in [-0.1, -0.05) is 12.5 Å². The lowest BCUT2D eigenvalue weighted by molar-refractivity contribution is 0.148. The van der Waals surface area contributed by atoms with Crippen molar-refractivity contribution in [1.29, 1.82) is 0 Å². The minimum absolute atomic E-state index is 0.137. The zero-order valence-electron chi connectivity index (χ0n) is 12.3. The molecule has 0 bridgehead atoms. The topological polar surface area (TPSA) is 29.3 Å². The normalized spacial score (nSPS) is 28.4. The SMILES string of the molecule is Cc1cc(F)ccc1C1C(CN)CCCCN1C1CC1. The number of hydrogen-bond donors (Lipinski definition) is 1. The van der Waals surface area contributed by atoms with E-state index in [1.807, 2.05) is 13.0 Å². The van der Waals surface area contributed by atoms with Crippen LogP contribution >= 0.6 is 0 Å². The molecule has 0 amide bonds. The van der Waals surface area contributed by atoms with Crippen molar-refractivity contribution in [2.75, 3.05) is 13.1 Å². The van der Waals surface area contributed by atoms with Crippen molar-refractivity contribution in [3.8, 4) is 0 Å². The lowest BCUT2D eigenvalue weighted by atomic mass is 9.87. The molecule has 2 aliphatic rings. The monoisotopic (exact) mass is 276 g/mol. The molecule has 0 aromatic heterocycles. The number of aryl methyl sites for hydroxylation is 1. The second kappa shape index (κ2) is 5.82. The van der Waals surface area contributed by atoms with Crippen LogP contribution in [0.25, 0.3) is 0 Å². The van der Waals surface area contributed by atoms with E-state index in [0.29, 0.717) is 12.0 Å². The molecule has 2 unspecified atom stereocenters. The standard InChI is InChI=1S/C17H25FN2/c1-12-10-14(18)5-8-16(12)17-13(11-19)4-2-3-9-20(17)15-6-7-15/h5,8,10,13,15,17H,2-4,6-7,9,11,19H2,1H3. The summed E-state index contributed by atoms with van der Waals surface area (Å²) in [7, 11) is 0. The summed E-state index contributed by atoms with van der Waals surface area (Å²) in [4.78, 5) is 2.66. The smallest absolute Gasteiger partial charge is 0.123 e. The molecule has 2 fully saturated rings. The molecule has 1 aromatic carbocycles. The molecule has 1 aromatic rings. The second-order valence-electron chi connectivity index (χ2n) is 6.41. The lowest BCUT2D eigenvalue weighted by Crippen LogP contribution is -2.37. The fraction of sp³-hybridized carbons (Fsp3) is 0.647. The van der Waals surface area contributed by atoms with Gasteiger partial charge >= 0.3 is 0 Å². The van der Waals surface area contributed by atoms with Gasteiger partial charge in [0.15, 0.2) is 0 Å². The van der Waals surface area contributed by atoms with Crippen LogP contribution in [-0.4, -0.2) is 24.0 Å². The zero-order valence-corrected chi connectivity index (χ0v) is 12.3. The molecule has 0 spiro atoms. The molecular formula is C17H25FN2. The summed E-state index contributed by atoms with van der Waals surface area (Å²) in [5.74, 6) is 0.365. The molecule has 1 aliphatic carbocycles. The molecule has 2 N–H and O–H groups in total. The van der Waals surface area contributed by atoms with Crippen molar-refractivity contribution in [2.45, 2.75) is 51.1 Å². The first-order chi connectivity index (χ1) is 9.70. The number of nitrogens with two attached hydrogens (primary N) is 1. The molecule has 1 saturated carbocycles. The summed E-state index contributed by atoms with van der Waals surface area (Å²) in [6.45, 7) is 3.93. The summed E-state index contributed by atoms with van der Waals surface area (Å²) in [5.41, 5.74) is 8.42. The third-order valence-corrected chi connectivity index (χ3v) is 4.91. The minimum Gasteiger partial charge on any atom is -0.330 e. The van der Waals surface area contributed by atoms with Crippen molar-refractivity contribution in [1.82, 2.24) is 4.90 Å². The van der Waals surface area contributed by atoms with E-state index in [2.05, 4.69) is 4.90 Å². The third kappa shape index (κ3) is 2.75. The van der Waals surface area contributed by atoms with Gasteiger partial charge in [-0.15, -0.1) is 0 Å². The van der Waals surface area contributed by atoms with E-state index in [4.69, 9.17) is 5.73 Å². The molecule has 3 rings (SSSR count). The summed E-state index contributed by atoms with van der Waals surface area (Å²) < 4.78 is 13.4. The summed E-state index contributed by atoms with van der Waals surface area (Å²) in [6, 6.07) is 6.37. The van der Waals surface area contributed by atoms with Gasteiger partial charge in [0.1, 0.15) is 5.82 Å². The highest BCUT2D eigenvalue weighted by Gasteiger charge is 2.39. The average molecular weight is 276 g/mol. The van der Waals surface area contributed by atoms with Gasteiger partial charge in [0.25, 0.3) is 0 Å². The highest BCUT2D eigenvalue weighted by molar-refractivity contribution is 5.31. The van der Waals surface area contributed by atoms with Gasteiger partial charge in [-0.05, 0) is 74.9 Å². The highest BCUT2D eigenvalue weighted by atomic mass is 19.1. The number of hydrogen-bond acceptors (Lipinski definition) is 2. The van der Waals surface area contributed by atoms with Crippen LogP contribution in [0.4, 0.5) is 4.39 Å². The number of halogens is 1. The van der Waals surface area contributed by atoms with Crippen molar-refractivity contribution >= 4 is 0 Å². The lowest BCUT2D eigenvalue weighted by Gasteiger charge is -2.36. The Morgan fingerprint density at radius 2 is 2.05 bits per heavy atom. The van der Waals surface area contributed by atoms with E-state index in [1.165, 1.54) is 44.2 Å². The zero-order chi connectivity index (χ0) is 14.1. The van der Waals surface area contributed by atoms with Crippen LogP contribution in [-0.2, 0) is 0 Å². The Morgan fingerprint density at radius 3 is 2.70 bits per heavy atom. The number of rotatable bonds is 3. The quantitative estimate of drug-likeness (QED) is 0.917. The highest BCUT2D eigenvalue weighted by Crippen LogP contribution is 2.42. The van der Waals surface area contributed by atoms with E-state index in [-0.39, 0.29) is 5.82 Å². The molecule has 1 saturated heterocycles. The molecule has 1 heterocycles. The maximum absolute atomic E-state index is 13.4. The van der Waals surface area contributed by atoms with Crippen LogP contribution in [0.5, 0.6) is 0 Å². The van der Waals surface area contributed by atoms with Crippen LogP contribution in [0.3, 0.4) is 0 Å². The van der Waals surface area contributed by atoms with Gasteiger partial charge in [0, 0.05) is 12.1 Å². The summed E-state index contributed by atoms with van der Waals surface area (Å²) in [6.07, 6.45) is 6.36. The first-order valence-electron chi connectivity index (χ1n) is 7.92. The van der Waals surface area contributed by atoms with Crippen LogP contribution in [0.15, 0.2) is 18.2 Å². The third-order valence-electron chi connectivity index (χ3n) is 4.91. The van der Waals surface area contributed by atoms with Crippen LogP contribution in [0, 0.1) is 18.7 Å². The van der Waals surface area contributed by atoms with E-state index < -0.39 is 0 Å². The predicted molar refractivity (Wildman–Crippen MR) is 80.0 cm³/mol. The van der Waals surface area contributed by atoms with Gasteiger partial charge in [-0.3, -0.25) is 4.90 Å². The van der Waals surface area contributed by atoms with Crippen molar-refractivity contribution in [2.24, 2.45) is 11.7 Å². The Morgan fingerprint density at radius 1 is 1.25 bits per heavy atom. The minimum atomic E-state index is -0.137. The largest absolute Gasteiger partial charge is 0.330 e. The van der Waals surface area contributed by atoms with Crippen LogP contribution < -0.4 is 5.73 Å². The van der Waals surface area contributed by atoms with Gasteiger partial charge < -0.3 is 5.73 Å². The predicted octanol–water partition coefficient (Wildman–Crippen LogP) is 3.40. The van der Waals surface area contributed by atoms with E-state index >= 15 is 0 Å². The Bertz CT molecular complexity index is 470. The summed E-state index contributed by atoms with van der Waals surface area (Å²) >= 11 is 0. The number of nitrogens with zero attached hydrogens (tertiary/aromatic N) is 1. The van der Waals surface area contributed by atoms with Crippen LogP contribution in [0.2, 0.25) is 0 Å². The molecule has 20 heavy (non-hydrogen) atoms. The summed E-state index contributed by atoms with van der Waals surface area (Å²) in [5, 5.41) is 0. The van der Waals surface area contributed by atoms with Gasteiger partial charge in [0.05, 0.1) is 0 Å². The first kappa shape index (κ1) is 14.0. The Kier molecular flexibility index (Phi) is 4.08. The van der Waals surface area contributed by atoms with Gasteiger partial charge in [0.2, 0.25) is 0 Å². The molecule has 1 aliphatic heterocycles. The van der Waals surface area contributed by atoms with Gasteiger partial charge in [-0.25, -0.2) is 4.39 Å². The number of benzene rings is 1. The number of likely N-dealkylation sites (tertiary alicyclic amines) is 1. The van der Waals surface area contributed by atoms with E-state index in [1.54, 1.807) is 12.1 Å². The second-order valence-corrected chi connectivity index (χ2v) is 6.41. The van der Waals surface area contributed by atoms with Crippen molar-refractivity contribution in [3.05, 3.63) is 35.1 Å². The van der Waals surface area contributed by atoms with Crippen LogP contribution in [0.1, 0.15) is 49.3 Å². The fourth-order valence-corrected chi connectivity index (χ4v) is 3.73. The molecular weight excluding hydrogens is 251 g/mol. The van der Waals surface area contributed by atoms with E-state index in [0.717, 1.165) is 18.2 Å². The average Bonchev–Trinajstić information content (AvgIpc) is 3.24. The van der Waals surface area contributed by atoms with E-state index in [9.17, 15) is 4.39 Å². The Balaban J connectivity index is 1.98. The Labute approximate surface area is 121 Å². The molecule has 2 atom stereocenters. The maximum atomic E-state index is 13.4. The maximum Gasteiger partial charge on any atom is 0.123 e. The van der Waals surface area contributed by atoms with Gasteiger partial charge in [-0.2, -0.15) is 0 Å². The van der Waals surface area contributed by atoms with Crippen molar-refractivity contribution < 1.29 is 4.39 Å². The first-order valence-corrected chi connectivity index (χ1v) is 7.92. The molecule has 3 heteroatoms.